The molecule has 0 radical (unpaired) electrons. The van der Waals surface area contributed by atoms with Crippen molar-refractivity contribution >= 4 is 33.0 Å². The molecule has 6 nitrogen and oxygen atoms in total. The summed E-state index contributed by atoms with van der Waals surface area (Å²) in [6, 6.07) is 14.8. The molecule has 0 aliphatic rings. The number of hydrogen-bond acceptors (Lipinski definition) is 6. The van der Waals surface area contributed by atoms with Gasteiger partial charge in [0.2, 0.25) is 0 Å². The highest BCUT2D eigenvalue weighted by atomic mass is 32.1. The van der Waals surface area contributed by atoms with Crippen LogP contribution in [0.3, 0.4) is 0 Å². The van der Waals surface area contributed by atoms with Crippen molar-refractivity contribution in [1.82, 2.24) is 4.98 Å². The number of hydrogen-bond donors (Lipinski definition) is 0. The minimum absolute atomic E-state index is 0.0457. The Labute approximate surface area is 134 Å². The lowest BCUT2D eigenvalue weighted by molar-refractivity contribution is -0.384. The van der Waals surface area contributed by atoms with Gasteiger partial charge in [-0.3, -0.25) is 14.9 Å². The van der Waals surface area contributed by atoms with Gasteiger partial charge in [0.05, 0.1) is 21.2 Å². The number of aromatic nitrogens is 1. The van der Waals surface area contributed by atoms with Gasteiger partial charge in [-0.05, 0) is 6.07 Å². The van der Waals surface area contributed by atoms with Crippen molar-refractivity contribution in [1.29, 1.82) is 5.26 Å². The Morgan fingerprint density at radius 3 is 2.65 bits per heavy atom. The molecular formula is C16H9N3O3S. The van der Waals surface area contributed by atoms with Crippen LogP contribution in [0.4, 0.5) is 5.69 Å². The molecule has 0 saturated heterocycles. The Balaban J connectivity index is 2.02. The maximum absolute atomic E-state index is 12.5. The van der Waals surface area contributed by atoms with Gasteiger partial charge in [-0.2, -0.15) is 5.26 Å². The van der Waals surface area contributed by atoms with E-state index in [1.807, 2.05) is 6.07 Å². The third kappa shape index (κ3) is 2.80. The summed E-state index contributed by atoms with van der Waals surface area (Å²) in [5, 5.41) is 20.5. The quantitative estimate of drug-likeness (QED) is 0.414. The first-order valence-corrected chi connectivity index (χ1v) is 7.45. The molecule has 0 bridgehead atoms. The Kier molecular flexibility index (Phi) is 3.83. The third-order valence-electron chi connectivity index (χ3n) is 3.30. The number of nitriles is 1. The summed E-state index contributed by atoms with van der Waals surface area (Å²) in [6.45, 7) is 0. The molecule has 0 N–H and O–H groups in total. The van der Waals surface area contributed by atoms with Gasteiger partial charge in [0, 0.05) is 17.7 Å². The number of Topliss-reactive ketones (excluding diaryl/α,β-unsaturated/α-hetero) is 1. The molecule has 0 amide bonds. The average molecular weight is 323 g/mol. The number of nitrogens with zero attached hydrogens (tertiary/aromatic N) is 3. The van der Waals surface area contributed by atoms with Crippen LogP contribution in [0.15, 0.2) is 48.5 Å². The van der Waals surface area contributed by atoms with E-state index in [0.717, 1.165) is 11.3 Å². The first-order valence-electron chi connectivity index (χ1n) is 6.64. The van der Waals surface area contributed by atoms with Crippen molar-refractivity contribution < 1.29 is 9.72 Å². The van der Waals surface area contributed by atoms with Gasteiger partial charge in [-0.15, -0.1) is 11.3 Å². The zero-order valence-corrected chi connectivity index (χ0v) is 12.5. The van der Waals surface area contributed by atoms with E-state index in [1.165, 1.54) is 18.2 Å². The second-order valence-electron chi connectivity index (χ2n) is 4.75. The van der Waals surface area contributed by atoms with E-state index in [4.69, 9.17) is 0 Å². The molecule has 0 fully saturated rings. The zero-order chi connectivity index (χ0) is 16.4. The summed E-state index contributed by atoms with van der Waals surface area (Å²) in [5.41, 5.74) is 0.927. The minimum Gasteiger partial charge on any atom is -0.292 e. The lowest BCUT2D eigenvalue weighted by Gasteiger charge is -2.04. The fourth-order valence-electron chi connectivity index (χ4n) is 2.16. The topological polar surface area (TPSA) is 96.9 Å². The second kappa shape index (κ2) is 5.94. The zero-order valence-electron chi connectivity index (χ0n) is 11.7. The van der Waals surface area contributed by atoms with Gasteiger partial charge in [0.25, 0.3) is 5.69 Å². The molecule has 3 aromatic rings. The molecule has 0 aliphatic carbocycles. The van der Waals surface area contributed by atoms with Crippen molar-refractivity contribution in [2.45, 2.75) is 5.92 Å². The maximum atomic E-state index is 12.5. The number of nitro benzene ring substituents is 1. The van der Waals surface area contributed by atoms with Crippen molar-refractivity contribution in [3.63, 3.8) is 0 Å². The molecule has 1 heterocycles. The molecular weight excluding hydrogens is 314 g/mol. The Bertz CT molecular complexity index is 944. The van der Waals surface area contributed by atoms with E-state index in [9.17, 15) is 20.2 Å². The van der Waals surface area contributed by atoms with Crippen molar-refractivity contribution in [3.05, 3.63) is 69.2 Å². The molecule has 0 saturated carbocycles. The second-order valence-corrected chi connectivity index (χ2v) is 5.82. The molecule has 1 unspecified atom stereocenters. The molecule has 1 atom stereocenters. The molecule has 3 rings (SSSR count). The highest BCUT2D eigenvalue weighted by molar-refractivity contribution is 7.18. The van der Waals surface area contributed by atoms with Gasteiger partial charge in [-0.25, -0.2) is 4.98 Å². The van der Waals surface area contributed by atoms with Crippen LogP contribution in [-0.4, -0.2) is 15.7 Å². The van der Waals surface area contributed by atoms with Gasteiger partial charge in [0.1, 0.15) is 5.01 Å². The van der Waals surface area contributed by atoms with E-state index in [-0.39, 0.29) is 11.5 Å². The number of nitro groups is 1. The Hall–Kier alpha value is -3.11. The van der Waals surface area contributed by atoms with Crippen LogP contribution < -0.4 is 0 Å². The van der Waals surface area contributed by atoms with Gasteiger partial charge < -0.3 is 0 Å². The van der Waals surface area contributed by atoms with E-state index in [2.05, 4.69) is 4.98 Å². The smallest absolute Gasteiger partial charge is 0.270 e. The lowest BCUT2D eigenvalue weighted by atomic mass is 9.99. The van der Waals surface area contributed by atoms with Crippen LogP contribution in [0.1, 0.15) is 21.3 Å². The number of non-ortho nitro benzene ring substituents is 1. The van der Waals surface area contributed by atoms with Crippen molar-refractivity contribution in [2.75, 3.05) is 0 Å². The summed E-state index contributed by atoms with van der Waals surface area (Å²) < 4.78 is 0.579. The number of rotatable bonds is 4. The van der Waals surface area contributed by atoms with Crippen LogP contribution in [0.2, 0.25) is 0 Å². The molecule has 23 heavy (non-hydrogen) atoms. The maximum Gasteiger partial charge on any atom is 0.270 e. The number of ketones is 1. The van der Waals surface area contributed by atoms with Crippen molar-refractivity contribution in [3.8, 4) is 6.07 Å². The largest absolute Gasteiger partial charge is 0.292 e. The number of carbonyl (C=O) groups excluding carboxylic acids is 1. The highest BCUT2D eigenvalue weighted by Crippen LogP contribution is 2.31. The number of benzene rings is 2. The highest BCUT2D eigenvalue weighted by Gasteiger charge is 2.25. The van der Waals surface area contributed by atoms with Crippen LogP contribution in [-0.2, 0) is 0 Å². The average Bonchev–Trinajstić information content (AvgIpc) is 2.98. The summed E-state index contributed by atoms with van der Waals surface area (Å²) in [7, 11) is 0. The Morgan fingerprint density at radius 2 is 2.00 bits per heavy atom. The van der Waals surface area contributed by atoms with E-state index in [0.29, 0.717) is 20.8 Å². The van der Waals surface area contributed by atoms with E-state index >= 15 is 0 Å². The third-order valence-corrected chi connectivity index (χ3v) is 4.38. The van der Waals surface area contributed by atoms with Gasteiger partial charge in [0.15, 0.2) is 11.7 Å². The molecule has 0 spiro atoms. The summed E-state index contributed by atoms with van der Waals surface area (Å²) in [5.74, 6) is -1.35. The number of thiazole rings is 1. The lowest BCUT2D eigenvalue weighted by Crippen LogP contribution is -2.10. The molecule has 2 aromatic carbocycles. The van der Waals surface area contributed by atoms with Crippen LogP contribution in [0.5, 0.6) is 0 Å². The Morgan fingerprint density at radius 1 is 1.26 bits per heavy atom. The summed E-state index contributed by atoms with van der Waals surface area (Å²) in [6.07, 6.45) is 0. The van der Waals surface area contributed by atoms with Crippen LogP contribution >= 0.6 is 11.3 Å². The van der Waals surface area contributed by atoms with E-state index < -0.39 is 10.8 Å². The molecule has 1 aromatic heterocycles. The normalized spacial score (nSPS) is 11.8. The van der Waals surface area contributed by atoms with Gasteiger partial charge >= 0.3 is 0 Å². The first-order chi connectivity index (χ1) is 11.1. The molecule has 112 valence electrons. The SMILES string of the molecule is N#CC(C(=O)c1ccccc1)c1nc2ccc([N+](=O)[O-])cc2s1. The predicted octanol–water partition coefficient (Wildman–Crippen LogP) is 3.69. The fourth-order valence-corrected chi connectivity index (χ4v) is 3.21. The molecule has 0 aliphatic heterocycles. The van der Waals surface area contributed by atoms with E-state index in [1.54, 1.807) is 30.3 Å². The van der Waals surface area contributed by atoms with Gasteiger partial charge in [-0.1, -0.05) is 30.3 Å². The predicted molar refractivity (Wildman–Crippen MR) is 85.4 cm³/mol. The molecule has 7 heteroatoms. The fraction of sp³-hybridized carbons (Fsp3) is 0.0625. The first kappa shape index (κ1) is 14.8. The minimum atomic E-state index is -1.02. The van der Waals surface area contributed by atoms with Crippen molar-refractivity contribution in [2.24, 2.45) is 0 Å². The summed E-state index contributed by atoms with van der Waals surface area (Å²) >= 11 is 1.13. The summed E-state index contributed by atoms with van der Waals surface area (Å²) in [4.78, 5) is 27.1. The number of carbonyl (C=O) groups is 1. The van der Waals surface area contributed by atoms with Crippen LogP contribution in [0, 0.1) is 21.4 Å². The van der Waals surface area contributed by atoms with Crippen LogP contribution in [0.25, 0.3) is 10.2 Å². The number of fused-ring (bicyclic) bond motifs is 1. The monoisotopic (exact) mass is 323 g/mol. The standard InChI is InChI=1S/C16H9N3O3S/c17-9-12(15(20)10-4-2-1-3-5-10)16-18-13-7-6-11(19(21)22)8-14(13)23-16/h1-8,12H.